The third-order valence-corrected chi connectivity index (χ3v) is 2.24. The number of morpholine rings is 1. The monoisotopic (exact) mass is 159 g/mol. The Balaban J connectivity index is 2.30. The van der Waals surface area contributed by atoms with Crippen LogP contribution in [-0.4, -0.2) is 49.0 Å². The van der Waals surface area contributed by atoms with Crippen LogP contribution in [0.5, 0.6) is 0 Å². The van der Waals surface area contributed by atoms with Crippen molar-refractivity contribution in [3.05, 3.63) is 0 Å². The molecule has 1 fully saturated rings. The van der Waals surface area contributed by atoms with Gasteiger partial charge in [0.2, 0.25) is 0 Å². The maximum absolute atomic E-state index is 9.00. The van der Waals surface area contributed by atoms with Crippen molar-refractivity contribution in [2.45, 2.75) is 19.4 Å². The Morgan fingerprint density at radius 1 is 1.45 bits per heavy atom. The first-order valence-corrected chi connectivity index (χ1v) is 4.31. The number of hydrogen-bond acceptors (Lipinski definition) is 3. The van der Waals surface area contributed by atoms with Gasteiger partial charge in [-0.15, -0.1) is 0 Å². The van der Waals surface area contributed by atoms with Crippen LogP contribution in [0.1, 0.15) is 13.3 Å². The van der Waals surface area contributed by atoms with Crippen molar-refractivity contribution >= 4 is 0 Å². The molecule has 0 aromatic heterocycles. The summed E-state index contributed by atoms with van der Waals surface area (Å²) in [7, 11) is 0. The lowest BCUT2D eigenvalue weighted by molar-refractivity contribution is 0.00242. The maximum atomic E-state index is 9.00. The van der Waals surface area contributed by atoms with E-state index < -0.39 is 0 Å². The van der Waals surface area contributed by atoms with Gasteiger partial charge in [0.1, 0.15) is 0 Å². The van der Waals surface area contributed by atoms with E-state index in [1.165, 1.54) is 0 Å². The quantitative estimate of drug-likeness (QED) is 0.633. The summed E-state index contributed by atoms with van der Waals surface area (Å²) in [6, 6.07) is 0.346. The molecule has 0 bridgehead atoms. The van der Waals surface area contributed by atoms with Gasteiger partial charge in [0.15, 0.2) is 0 Å². The van der Waals surface area contributed by atoms with E-state index in [4.69, 9.17) is 9.84 Å². The van der Waals surface area contributed by atoms with Crippen molar-refractivity contribution in [2.24, 2.45) is 0 Å². The Morgan fingerprint density at radius 3 is 2.55 bits per heavy atom. The smallest absolute Gasteiger partial charge is 0.0594 e. The van der Waals surface area contributed by atoms with Gasteiger partial charge < -0.3 is 9.84 Å². The lowest BCUT2D eigenvalue weighted by Gasteiger charge is -2.32. The molecule has 0 spiro atoms. The van der Waals surface area contributed by atoms with Crippen molar-refractivity contribution in [1.82, 2.24) is 4.90 Å². The minimum atomic E-state index is 0.274. The normalized spacial score (nSPS) is 23.5. The molecule has 3 nitrogen and oxygen atoms in total. The summed E-state index contributed by atoms with van der Waals surface area (Å²) in [5, 5.41) is 9.00. The number of ether oxygens (including phenoxy) is 1. The summed E-state index contributed by atoms with van der Waals surface area (Å²) in [5.74, 6) is 0. The van der Waals surface area contributed by atoms with Crippen LogP contribution in [0, 0.1) is 0 Å². The minimum absolute atomic E-state index is 0.274. The van der Waals surface area contributed by atoms with Crippen LogP contribution in [0.25, 0.3) is 0 Å². The molecule has 0 aliphatic carbocycles. The lowest BCUT2D eigenvalue weighted by Crippen LogP contribution is -2.44. The van der Waals surface area contributed by atoms with Gasteiger partial charge in [-0.25, -0.2) is 0 Å². The first kappa shape index (κ1) is 8.97. The Kier molecular flexibility index (Phi) is 3.83. The predicted molar refractivity (Wildman–Crippen MR) is 43.6 cm³/mol. The highest BCUT2D eigenvalue weighted by Crippen LogP contribution is 2.05. The summed E-state index contributed by atoms with van der Waals surface area (Å²) in [4.78, 5) is 2.30. The molecular formula is C8H17NO2. The van der Waals surface area contributed by atoms with E-state index in [0.29, 0.717) is 6.04 Å². The molecule has 0 aromatic carbocycles. The second-order valence-electron chi connectivity index (χ2n) is 2.89. The molecule has 66 valence electrons. The summed E-state index contributed by atoms with van der Waals surface area (Å²) in [5.41, 5.74) is 0. The fourth-order valence-electron chi connectivity index (χ4n) is 1.45. The summed E-state index contributed by atoms with van der Waals surface area (Å²) >= 11 is 0. The molecule has 1 rings (SSSR count). The number of aliphatic hydroxyl groups is 1. The molecule has 0 unspecified atom stereocenters. The molecule has 1 saturated heterocycles. The van der Waals surface area contributed by atoms with Crippen LogP contribution in [0.3, 0.4) is 0 Å². The minimum Gasteiger partial charge on any atom is -0.395 e. The van der Waals surface area contributed by atoms with E-state index in [1.807, 2.05) is 0 Å². The van der Waals surface area contributed by atoms with Gasteiger partial charge in [-0.1, -0.05) is 6.92 Å². The van der Waals surface area contributed by atoms with E-state index in [2.05, 4.69) is 11.8 Å². The molecule has 0 radical (unpaired) electrons. The summed E-state index contributed by atoms with van der Waals surface area (Å²) in [6.07, 6.45) is 1.02. The molecule has 3 heteroatoms. The van der Waals surface area contributed by atoms with Crippen LogP contribution in [0.15, 0.2) is 0 Å². The van der Waals surface area contributed by atoms with Crippen LogP contribution in [-0.2, 0) is 4.74 Å². The van der Waals surface area contributed by atoms with Crippen molar-refractivity contribution in [3.8, 4) is 0 Å². The summed E-state index contributed by atoms with van der Waals surface area (Å²) < 4.78 is 5.22. The highest BCUT2D eigenvalue weighted by atomic mass is 16.5. The molecule has 0 amide bonds. The van der Waals surface area contributed by atoms with Crippen molar-refractivity contribution in [3.63, 3.8) is 0 Å². The van der Waals surface area contributed by atoms with Crippen molar-refractivity contribution in [1.29, 1.82) is 0 Å². The first-order valence-electron chi connectivity index (χ1n) is 4.31. The highest BCUT2D eigenvalue weighted by Gasteiger charge is 2.17. The molecule has 1 N–H and O–H groups in total. The Labute approximate surface area is 68.0 Å². The number of rotatable bonds is 3. The zero-order chi connectivity index (χ0) is 8.10. The van der Waals surface area contributed by atoms with E-state index >= 15 is 0 Å². The van der Waals surface area contributed by atoms with Gasteiger partial charge in [0.25, 0.3) is 0 Å². The molecule has 0 saturated carbocycles. The Bertz CT molecular complexity index is 98.3. The van der Waals surface area contributed by atoms with E-state index in [1.54, 1.807) is 0 Å². The van der Waals surface area contributed by atoms with E-state index in [-0.39, 0.29) is 6.61 Å². The summed E-state index contributed by atoms with van der Waals surface area (Å²) in [6.45, 7) is 5.96. The third kappa shape index (κ3) is 2.43. The standard InChI is InChI=1S/C8H17NO2/c1-2-8(7-10)9-3-5-11-6-4-9/h8,10H,2-7H2,1H3/t8-/m0/s1. The topological polar surface area (TPSA) is 32.7 Å². The van der Waals surface area contributed by atoms with Crippen LogP contribution < -0.4 is 0 Å². The molecule has 1 atom stereocenters. The number of aliphatic hydroxyl groups excluding tert-OH is 1. The average Bonchev–Trinajstić information content (AvgIpc) is 2.09. The average molecular weight is 159 g/mol. The second-order valence-corrected chi connectivity index (χ2v) is 2.89. The largest absolute Gasteiger partial charge is 0.395 e. The highest BCUT2D eigenvalue weighted by molar-refractivity contribution is 4.71. The lowest BCUT2D eigenvalue weighted by atomic mass is 10.2. The molecule has 0 aromatic rings. The van der Waals surface area contributed by atoms with Gasteiger partial charge in [-0.05, 0) is 6.42 Å². The van der Waals surface area contributed by atoms with Gasteiger partial charge in [0.05, 0.1) is 19.8 Å². The Hall–Kier alpha value is -0.120. The van der Waals surface area contributed by atoms with Crippen LogP contribution in [0.4, 0.5) is 0 Å². The van der Waals surface area contributed by atoms with Crippen molar-refractivity contribution < 1.29 is 9.84 Å². The molecule has 11 heavy (non-hydrogen) atoms. The molecule has 1 aliphatic rings. The fraction of sp³-hybridized carbons (Fsp3) is 1.00. The number of nitrogens with zero attached hydrogens (tertiary/aromatic N) is 1. The Morgan fingerprint density at radius 2 is 2.09 bits per heavy atom. The van der Waals surface area contributed by atoms with Gasteiger partial charge >= 0.3 is 0 Å². The SMILES string of the molecule is CC[C@@H](CO)N1CCOCC1. The van der Waals surface area contributed by atoms with Crippen molar-refractivity contribution in [2.75, 3.05) is 32.9 Å². The predicted octanol–water partition coefficient (Wildman–Crippen LogP) is 0.0895. The molecule has 1 aliphatic heterocycles. The van der Waals surface area contributed by atoms with E-state index in [9.17, 15) is 0 Å². The third-order valence-electron chi connectivity index (χ3n) is 2.24. The maximum Gasteiger partial charge on any atom is 0.0594 e. The molecular weight excluding hydrogens is 142 g/mol. The molecule has 1 heterocycles. The van der Waals surface area contributed by atoms with E-state index in [0.717, 1.165) is 32.7 Å². The zero-order valence-corrected chi connectivity index (χ0v) is 7.12. The fourth-order valence-corrected chi connectivity index (χ4v) is 1.45. The van der Waals surface area contributed by atoms with Gasteiger partial charge in [0, 0.05) is 19.1 Å². The number of hydrogen-bond donors (Lipinski definition) is 1. The zero-order valence-electron chi connectivity index (χ0n) is 7.12. The van der Waals surface area contributed by atoms with Gasteiger partial charge in [-0.3, -0.25) is 4.90 Å². The first-order chi connectivity index (χ1) is 5.38. The van der Waals surface area contributed by atoms with Crippen LogP contribution >= 0.6 is 0 Å². The van der Waals surface area contributed by atoms with Crippen LogP contribution in [0.2, 0.25) is 0 Å². The second kappa shape index (κ2) is 4.70. The van der Waals surface area contributed by atoms with Gasteiger partial charge in [-0.2, -0.15) is 0 Å².